The van der Waals surface area contributed by atoms with Gasteiger partial charge in [-0.25, -0.2) is 19.1 Å². The number of ether oxygens (including phenoxy) is 1. The van der Waals surface area contributed by atoms with E-state index in [1.807, 2.05) is 58.2 Å². The van der Waals surface area contributed by atoms with Crippen LogP contribution in [-0.2, 0) is 11.3 Å². The summed E-state index contributed by atoms with van der Waals surface area (Å²) in [6.45, 7) is 8.22. The van der Waals surface area contributed by atoms with Gasteiger partial charge in [-0.3, -0.25) is 9.36 Å². The molecule has 5 rings (SSSR count). The molecule has 0 spiro atoms. The first-order chi connectivity index (χ1) is 17.5. The largest absolute Gasteiger partial charge is 0.444 e. The Hall–Kier alpha value is -3.99. The summed E-state index contributed by atoms with van der Waals surface area (Å²) in [6, 6.07) is 7.64. The minimum Gasteiger partial charge on any atom is -0.444 e. The average Bonchev–Trinajstić information content (AvgIpc) is 3.47. The molecule has 1 N–H and O–H groups in total. The SMILES string of the molecule is Cc1cnn(-c2ccc(-n3ncc4c(=O)n(CC5(O)CCN(C(=O)OC(C)(C)C)CC5)cnc43)cc2)c1. The number of benzene rings is 1. The van der Waals surface area contributed by atoms with E-state index in [-0.39, 0.29) is 12.1 Å². The van der Waals surface area contributed by atoms with E-state index >= 15 is 0 Å². The Balaban J connectivity index is 1.31. The van der Waals surface area contributed by atoms with Crippen molar-refractivity contribution in [3.8, 4) is 11.4 Å². The molecule has 194 valence electrons. The molecule has 0 aliphatic carbocycles. The van der Waals surface area contributed by atoms with Gasteiger partial charge in [0.1, 0.15) is 17.3 Å². The maximum atomic E-state index is 13.2. The topological polar surface area (TPSA) is 120 Å². The Morgan fingerprint density at radius 3 is 2.38 bits per heavy atom. The van der Waals surface area contributed by atoms with Crippen molar-refractivity contribution in [3.63, 3.8) is 0 Å². The molecule has 0 radical (unpaired) electrons. The number of aromatic nitrogens is 6. The number of aliphatic hydroxyl groups is 1. The second-order valence-corrected chi connectivity index (χ2v) is 10.6. The van der Waals surface area contributed by atoms with Gasteiger partial charge in [0.25, 0.3) is 5.56 Å². The number of carbonyl (C=O) groups excluding carboxylic acids is 1. The van der Waals surface area contributed by atoms with Crippen LogP contribution in [0, 0.1) is 6.92 Å². The van der Waals surface area contributed by atoms with Gasteiger partial charge < -0.3 is 14.7 Å². The number of aryl methyl sites for hydroxylation is 1. The molecule has 1 aromatic carbocycles. The summed E-state index contributed by atoms with van der Waals surface area (Å²) in [5, 5.41) is 20.2. The predicted octanol–water partition coefficient (Wildman–Crippen LogP) is 2.84. The third kappa shape index (κ3) is 5.12. The number of hydrogen-bond acceptors (Lipinski definition) is 7. The summed E-state index contributed by atoms with van der Waals surface area (Å²) in [7, 11) is 0. The lowest BCUT2D eigenvalue weighted by atomic mass is 9.91. The van der Waals surface area contributed by atoms with Crippen molar-refractivity contribution >= 4 is 17.1 Å². The van der Waals surface area contributed by atoms with Gasteiger partial charge in [-0.2, -0.15) is 10.2 Å². The van der Waals surface area contributed by atoms with Crippen molar-refractivity contribution in [2.24, 2.45) is 0 Å². The van der Waals surface area contributed by atoms with E-state index in [0.717, 1.165) is 16.9 Å². The molecule has 0 bridgehead atoms. The second-order valence-electron chi connectivity index (χ2n) is 10.6. The van der Waals surface area contributed by atoms with Gasteiger partial charge in [0.15, 0.2) is 5.65 Å². The second kappa shape index (κ2) is 9.15. The Morgan fingerprint density at radius 1 is 1.08 bits per heavy atom. The lowest BCUT2D eigenvalue weighted by Gasteiger charge is -2.38. The van der Waals surface area contributed by atoms with E-state index in [0.29, 0.717) is 37.0 Å². The van der Waals surface area contributed by atoms with Crippen molar-refractivity contribution in [1.29, 1.82) is 0 Å². The van der Waals surface area contributed by atoms with Crippen LogP contribution in [0.2, 0.25) is 0 Å². The van der Waals surface area contributed by atoms with E-state index in [9.17, 15) is 14.7 Å². The summed E-state index contributed by atoms with van der Waals surface area (Å²) in [4.78, 5) is 31.6. The number of carbonyl (C=O) groups is 1. The van der Waals surface area contributed by atoms with E-state index < -0.39 is 17.3 Å². The number of rotatable bonds is 4. The van der Waals surface area contributed by atoms with Crippen molar-refractivity contribution in [1.82, 2.24) is 34.0 Å². The van der Waals surface area contributed by atoms with Crippen LogP contribution in [0.15, 0.2) is 54.0 Å². The molecule has 1 amide bonds. The zero-order chi connectivity index (χ0) is 26.4. The van der Waals surface area contributed by atoms with Crippen LogP contribution in [-0.4, -0.2) is 69.5 Å². The van der Waals surface area contributed by atoms with Gasteiger partial charge in [-0.15, -0.1) is 0 Å². The molecule has 1 fully saturated rings. The molecule has 37 heavy (non-hydrogen) atoms. The highest BCUT2D eigenvalue weighted by molar-refractivity contribution is 5.75. The van der Waals surface area contributed by atoms with E-state index in [1.165, 1.54) is 17.1 Å². The Labute approximate surface area is 213 Å². The highest BCUT2D eigenvalue weighted by Crippen LogP contribution is 2.25. The summed E-state index contributed by atoms with van der Waals surface area (Å²) < 4.78 is 10.3. The van der Waals surface area contributed by atoms with E-state index in [2.05, 4.69) is 15.2 Å². The Kier molecular flexibility index (Phi) is 6.10. The third-order valence-corrected chi connectivity index (χ3v) is 6.44. The fourth-order valence-electron chi connectivity index (χ4n) is 4.46. The Bertz CT molecular complexity index is 1490. The fraction of sp³-hybridized carbons (Fsp3) is 0.423. The molecular formula is C26H31N7O4. The van der Waals surface area contributed by atoms with Gasteiger partial charge in [0.2, 0.25) is 0 Å². The quantitative estimate of drug-likeness (QED) is 0.453. The number of amides is 1. The number of hydrogen-bond donors (Lipinski definition) is 1. The number of piperidine rings is 1. The number of likely N-dealkylation sites (tertiary alicyclic amines) is 1. The van der Waals surface area contributed by atoms with Gasteiger partial charge in [-0.1, -0.05) is 0 Å². The van der Waals surface area contributed by atoms with Gasteiger partial charge >= 0.3 is 6.09 Å². The number of fused-ring (bicyclic) bond motifs is 1. The first-order valence-electron chi connectivity index (χ1n) is 12.3. The maximum Gasteiger partial charge on any atom is 0.410 e. The van der Waals surface area contributed by atoms with Crippen molar-refractivity contribution < 1.29 is 14.6 Å². The van der Waals surface area contributed by atoms with Crippen LogP contribution in [0.25, 0.3) is 22.4 Å². The molecule has 4 aromatic rings. The molecule has 1 aliphatic rings. The highest BCUT2D eigenvalue weighted by atomic mass is 16.6. The van der Waals surface area contributed by atoms with Crippen molar-refractivity contribution in [2.75, 3.05) is 13.1 Å². The average molecular weight is 506 g/mol. The Morgan fingerprint density at radius 2 is 1.76 bits per heavy atom. The van der Waals surface area contributed by atoms with E-state index in [1.54, 1.807) is 20.5 Å². The van der Waals surface area contributed by atoms with Crippen LogP contribution in [0.1, 0.15) is 39.2 Å². The molecule has 11 nitrogen and oxygen atoms in total. The molecule has 0 atom stereocenters. The fourth-order valence-corrected chi connectivity index (χ4v) is 4.46. The minimum atomic E-state index is -1.13. The van der Waals surface area contributed by atoms with Crippen LogP contribution in [0.4, 0.5) is 4.79 Å². The lowest BCUT2D eigenvalue weighted by Crippen LogP contribution is -2.50. The highest BCUT2D eigenvalue weighted by Gasteiger charge is 2.36. The molecule has 11 heteroatoms. The molecular weight excluding hydrogens is 474 g/mol. The molecule has 1 aliphatic heterocycles. The predicted molar refractivity (Wildman–Crippen MR) is 137 cm³/mol. The minimum absolute atomic E-state index is 0.0834. The zero-order valence-electron chi connectivity index (χ0n) is 21.5. The van der Waals surface area contributed by atoms with Gasteiger partial charge in [-0.05, 0) is 70.4 Å². The van der Waals surface area contributed by atoms with Crippen LogP contribution >= 0.6 is 0 Å². The van der Waals surface area contributed by atoms with Gasteiger partial charge in [0, 0.05) is 19.3 Å². The summed E-state index contributed by atoms with van der Waals surface area (Å²) in [5.41, 5.74) is 1.20. The molecule has 1 saturated heterocycles. The maximum absolute atomic E-state index is 13.2. The van der Waals surface area contributed by atoms with Crippen molar-refractivity contribution in [3.05, 3.63) is 65.1 Å². The monoisotopic (exact) mass is 505 g/mol. The summed E-state index contributed by atoms with van der Waals surface area (Å²) in [5.74, 6) is 0. The zero-order valence-corrected chi connectivity index (χ0v) is 21.5. The van der Waals surface area contributed by atoms with Crippen molar-refractivity contribution in [2.45, 2.75) is 58.3 Å². The number of nitrogens with zero attached hydrogens (tertiary/aromatic N) is 7. The first-order valence-corrected chi connectivity index (χ1v) is 12.3. The van der Waals surface area contributed by atoms with Gasteiger partial charge in [0.05, 0.1) is 35.9 Å². The van der Waals surface area contributed by atoms with E-state index in [4.69, 9.17) is 4.74 Å². The summed E-state index contributed by atoms with van der Waals surface area (Å²) in [6.07, 6.45) is 6.96. The standard InChI is InChI=1S/C26H31N7O4/c1-18-13-28-32(15-18)19-5-7-20(8-6-19)33-22-21(14-29-33)23(34)31(17-27-22)16-26(36)9-11-30(12-10-26)24(35)37-25(2,3)4/h5-8,13-15,17,36H,9-12,16H2,1-4H3. The third-order valence-electron chi connectivity index (χ3n) is 6.44. The smallest absolute Gasteiger partial charge is 0.410 e. The molecule has 0 saturated carbocycles. The van der Waals surface area contributed by atoms with Crippen LogP contribution < -0.4 is 5.56 Å². The molecule has 0 unspecified atom stereocenters. The first kappa shape index (κ1) is 24.7. The lowest BCUT2D eigenvalue weighted by molar-refractivity contribution is -0.0419. The normalized spacial score (nSPS) is 15.8. The molecule has 3 aromatic heterocycles. The van der Waals surface area contributed by atoms with Crippen LogP contribution in [0.5, 0.6) is 0 Å². The van der Waals surface area contributed by atoms with Crippen LogP contribution in [0.3, 0.4) is 0 Å². The molecule has 4 heterocycles. The summed E-state index contributed by atoms with van der Waals surface area (Å²) >= 11 is 0.